The second kappa shape index (κ2) is 7.97. The number of anilines is 2. The van der Waals surface area contributed by atoms with Crippen LogP contribution in [0.1, 0.15) is 27.2 Å². The number of aromatic nitrogens is 2. The molecule has 0 saturated carbocycles. The molecule has 132 valence electrons. The smallest absolute Gasteiger partial charge is 0.276 e. The number of hydrogen-bond donors (Lipinski definition) is 2. The van der Waals surface area contributed by atoms with Gasteiger partial charge in [0.05, 0.1) is 0 Å². The van der Waals surface area contributed by atoms with Gasteiger partial charge in [0.25, 0.3) is 5.91 Å². The lowest BCUT2D eigenvalue weighted by Crippen LogP contribution is -2.15. The molecule has 0 aliphatic rings. The highest BCUT2D eigenvalue weighted by molar-refractivity contribution is 6.31. The maximum Gasteiger partial charge on any atom is 0.276 e. The molecule has 6 heteroatoms. The number of benzene rings is 2. The van der Waals surface area contributed by atoms with Crippen molar-refractivity contribution in [1.82, 2.24) is 10.2 Å². The Bertz CT molecular complexity index is 925. The minimum Gasteiger partial charge on any atom is -0.365 e. The number of nitrogens with zero attached hydrogens (tertiary/aromatic N) is 2. The zero-order chi connectivity index (χ0) is 18.5. The Balaban J connectivity index is 1.63. The highest BCUT2D eigenvalue weighted by atomic mass is 35.5. The Morgan fingerprint density at radius 2 is 1.88 bits per heavy atom. The molecule has 0 atom stereocenters. The van der Waals surface area contributed by atoms with Crippen molar-refractivity contribution in [2.24, 2.45) is 0 Å². The summed E-state index contributed by atoms with van der Waals surface area (Å²) in [5.41, 5.74) is 4.19. The average Bonchev–Trinajstić information content (AvgIpc) is 2.63. The van der Waals surface area contributed by atoms with Crippen molar-refractivity contribution in [1.29, 1.82) is 0 Å². The van der Waals surface area contributed by atoms with Gasteiger partial charge in [-0.1, -0.05) is 47.5 Å². The molecule has 1 aromatic heterocycles. The molecule has 5 nitrogen and oxygen atoms in total. The largest absolute Gasteiger partial charge is 0.365 e. The van der Waals surface area contributed by atoms with Gasteiger partial charge in [-0.25, -0.2) is 0 Å². The van der Waals surface area contributed by atoms with Crippen LogP contribution in [0.3, 0.4) is 0 Å². The summed E-state index contributed by atoms with van der Waals surface area (Å²) in [5, 5.41) is 14.6. The van der Waals surface area contributed by atoms with Crippen molar-refractivity contribution >= 4 is 29.0 Å². The van der Waals surface area contributed by atoms with Gasteiger partial charge < -0.3 is 10.6 Å². The molecule has 0 aliphatic carbocycles. The van der Waals surface area contributed by atoms with E-state index in [1.807, 2.05) is 25.1 Å². The van der Waals surface area contributed by atoms with Crippen LogP contribution in [0, 0.1) is 13.8 Å². The van der Waals surface area contributed by atoms with Crippen molar-refractivity contribution in [3.63, 3.8) is 0 Å². The van der Waals surface area contributed by atoms with Crippen LogP contribution in [-0.4, -0.2) is 16.1 Å². The normalized spacial score (nSPS) is 10.4. The molecule has 1 heterocycles. The lowest BCUT2D eigenvalue weighted by atomic mass is 10.1. The molecule has 0 aliphatic heterocycles. The molecule has 3 rings (SSSR count). The van der Waals surface area contributed by atoms with Gasteiger partial charge in [-0.15, -0.1) is 10.2 Å². The van der Waals surface area contributed by atoms with Crippen LogP contribution >= 0.6 is 11.6 Å². The van der Waals surface area contributed by atoms with Gasteiger partial charge in [0.15, 0.2) is 5.69 Å². The number of rotatable bonds is 5. The summed E-state index contributed by atoms with van der Waals surface area (Å²) in [7, 11) is 0. The van der Waals surface area contributed by atoms with Gasteiger partial charge in [0, 0.05) is 17.3 Å². The first-order valence-corrected chi connectivity index (χ1v) is 8.60. The molecule has 26 heavy (non-hydrogen) atoms. The lowest BCUT2D eigenvalue weighted by Gasteiger charge is -2.09. The maximum absolute atomic E-state index is 12.3. The molecule has 0 unspecified atom stereocenters. The second-order valence-electron chi connectivity index (χ2n) is 6.06. The van der Waals surface area contributed by atoms with E-state index in [2.05, 4.69) is 39.9 Å². The van der Waals surface area contributed by atoms with Gasteiger partial charge in [-0.2, -0.15) is 0 Å². The highest BCUT2D eigenvalue weighted by Gasteiger charge is 2.10. The summed E-state index contributed by atoms with van der Waals surface area (Å²) >= 11 is 5.97. The fourth-order valence-corrected chi connectivity index (χ4v) is 2.65. The third kappa shape index (κ3) is 4.58. The predicted octanol–water partition coefficient (Wildman–Crippen LogP) is 4.61. The van der Waals surface area contributed by atoms with Crippen molar-refractivity contribution in [3.05, 3.63) is 82.0 Å². The van der Waals surface area contributed by atoms with Crippen LogP contribution in [0.15, 0.2) is 54.6 Å². The molecule has 0 bridgehead atoms. The number of aryl methyl sites for hydroxylation is 2. The summed E-state index contributed by atoms with van der Waals surface area (Å²) in [6.07, 6.45) is 0. The van der Waals surface area contributed by atoms with Gasteiger partial charge in [-0.05, 0) is 49.2 Å². The zero-order valence-corrected chi connectivity index (χ0v) is 15.3. The number of carbonyl (C=O) groups excluding carboxylic acids is 1. The molecule has 0 saturated heterocycles. The maximum atomic E-state index is 12.3. The van der Waals surface area contributed by atoms with E-state index in [0.29, 0.717) is 23.1 Å². The third-order valence-electron chi connectivity index (χ3n) is 3.90. The lowest BCUT2D eigenvalue weighted by molar-refractivity contribution is 0.102. The number of nitrogens with one attached hydrogen (secondary N) is 2. The fourth-order valence-electron chi connectivity index (χ4n) is 2.48. The van der Waals surface area contributed by atoms with E-state index in [1.165, 1.54) is 5.56 Å². The Morgan fingerprint density at radius 3 is 2.62 bits per heavy atom. The number of amides is 1. The number of hydrogen-bond acceptors (Lipinski definition) is 4. The van der Waals surface area contributed by atoms with E-state index < -0.39 is 0 Å². The standard InChI is InChI=1S/C20H19ClN4O/c1-13-4-3-5-15(10-13)12-22-19-9-8-17(24-25-19)20(26)23-18-11-16(21)7-6-14(18)2/h3-11H,12H2,1-2H3,(H,22,25)(H,23,26). The van der Waals surface area contributed by atoms with Gasteiger partial charge in [0.2, 0.25) is 0 Å². The second-order valence-corrected chi connectivity index (χ2v) is 6.50. The Labute approximate surface area is 157 Å². The Morgan fingerprint density at radius 1 is 1.04 bits per heavy atom. The third-order valence-corrected chi connectivity index (χ3v) is 4.14. The van der Waals surface area contributed by atoms with E-state index in [4.69, 9.17) is 11.6 Å². The highest BCUT2D eigenvalue weighted by Crippen LogP contribution is 2.20. The first-order valence-electron chi connectivity index (χ1n) is 8.22. The molecular formula is C20H19ClN4O. The predicted molar refractivity (Wildman–Crippen MR) is 105 cm³/mol. The molecule has 0 radical (unpaired) electrons. The van der Waals surface area contributed by atoms with Crippen LogP contribution in [0.25, 0.3) is 0 Å². The van der Waals surface area contributed by atoms with E-state index in [0.717, 1.165) is 11.1 Å². The van der Waals surface area contributed by atoms with E-state index >= 15 is 0 Å². The Kier molecular flexibility index (Phi) is 5.49. The molecule has 0 spiro atoms. The van der Waals surface area contributed by atoms with Crippen molar-refractivity contribution in [2.45, 2.75) is 20.4 Å². The first-order chi connectivity index (χ1) is 12.5. The Hall–Kier alpha value is -2.92. The van der Waals surface area contributed by atoms with Gasteiger partial charge in [0.1, 0.15) is 5.82 Å². The number of halogens is 1. The summed E-state index contributed by atoms with van der Waals surface area (Å²) < 4.78 is 0. The van der Waals surface area contributed by atoms with Crippen LogP contribution in [-0.2, 0) is 6.54 Å². The fraction of sp³-hybridized carbons (Fsp3) is 0.150. The molecule has 0 fully saturated rings. The zero-order valence-electron chi connectivity index (χ0n) is 14.6. The van der Waals surface area contributed by atoms with Crippen LogP contribution in [0.5, 0.6) is 0 Å². The first kappa shape index (κ1) is 17.9. The molecule has 3 aromatic rings. The molecule has 2 N–H and O–H groups in total. The van der Waals surface area contributed by atoms with Gasteiger partial charge >= 0.3 is 0 Å². The quantitative estimate of drug-likeness (QED) is 0.691. The average molecular weight is 367 g/mol. The summed E-state index contributed by atoms with van der Waals surface area (Å²) in [6, 6.07) is 16.9. The summed E-state index contributed by atoms with van der Waals surface area (Å²) in [5.74, 6) is 0.287. The van der Waals surface area contributed by atoms with Gasteiger partial charge in [-0.3, -0.25) is 4.79 Å². The molecular weight excluding hydrogens is 348 g/mol. The van der Waals surface area contributed by atoms with Crippen LogP contribution < -0.4 is 10.6 Å². The minimum atomic E-state index is -0.326. The minimum absolute atomic E-state index is 0.241. The number of carbonyl (C=O) groups is 1. The van der Waals surface area contributed by atoms with Crippen molar-refractivity contribution in [2.75, 3.05) is 10.6 Å². The van der Waals surface area contributed by atoms with E-state index in [9.17, 15) is 4.79 Å². The van der Waals surface area contributed by atoms with Crippen LogP contribution in [0.2, 0.25) is 5.02 Å². The van der Waals surface area contributed by atoms with E-state index in [-0.39, 0.29) is 11.6 Å². The van der Waals surface area contributed by atoms with Crippen molar-refractivity contribution in [3.8, 4) is 0 Å². The summed E-state index contributed by atoms with van der Waals surface area (Å²) in [4.78, 5) is 12.3. The SMILES string of the molecule is Cc1cccc(CNc2ccc(C(=O)Nc3cc(Cl)ccc3C)nn2)c1. The monoisotopic (exact) mass is 366 g/mol. The topological polar surface area (TPSA) is 66.9 Å². The summed E-state index contributed by atoms with van der Waals surface area (Å²) in [6.45, 7) is 4.60. The molecule has 1 amide bonds. The van der Waals surface area contributed by atoms with E-state index in [1.54, 1.807) is 24.3 Å². The van der Waals surface area contributed by atoms with Crippen molar-refractivity contribution < 1.29 is 4.79 Å². The van der Waals surface area contributed by atoms with Crippen LogP contribution in [0.4, 0.5) is 11.5 Å². The molecule has 2 aromatic carbocycles.